The van der Waals surface area contributed by atoms with Crippen molar-refractivity contribution in [3.63, 3.8) is 0 Å². The van der Waals surface area contributed by atoms with Gasteiger partial charge in [-0.2, -0.15) is 0 Å². The van der Waals surface area contributed by atoms with E-state index in [0.717, 1.165) is 36.9 Å². The zero-order chi connectivity index (χ0) is 17.7. The molecule has 1 saturated heterocycles. The van der Waals surface area contributed by atoms with Crippen molar-refractivity contribution in [1.82, 2.24) is 5.32 Å². The molecule has 4 N–H and O–H groups in total. The fraction of sp³-hybridized carbons (Fsp3) is 0.579. The Labute approximate surface area is 148 Å². The van der Waals surface area contributed by atoms with E-state index in [-0.39, 0.29) is 17.7 Å². The van der Waals surface area contributed by atoms with Gasteiger partial charge in [0.1, 0.15) is 0 Å². The minimum atomic E-state index is -0.841. The maximum Gasteiger partial charge on any atom is 0.240 e. The molecular weight excluding hydrogens is 318 g/mol. The lowest BCUT2D eigenvalue weighted by atomic mass is 9.90. The van der Waals surface area contributed by atoms with Crippen LogP contribution in [0.15, 0.2) is 24.3 Å². The van der Waals surface area contributed by atoms with Crippen molar-refractivity contribution in [2.75, 3.05) is 18.5 Å². The molecule has 3 rings (SSSR count). The van der Waals surface area contributed by atoms with Crippen LogP contribution < -0.4 is 16.4 Å². The van der Waals surface area contributed by atoms with Gasteiger partial charge >= 0.3 is 0 Å². The molecule has 1 aromatic rings. The number of nitrogens with one attached hydrogen (secondary N) is 2. The largest absolute Gasteiger partial charge is 0.381 e. The summed E-state index contributed by atoms with van der Waals surface area (Å²) < 4.78 is 5.27. The Hall–Kier alpha value is -1.92. The van der Waals surface area contributed by atoms with Crippen molar-refractivity contribution in [3.8, 4) is 0 Å². The SMILES string of the molecule is NC1(C(=O)NCc2cccc(NC(=O)C3CCCC3)c2)CCOCC1. The van der Waals surface area contributed by atoms with Crippen LogP contribution in [-0.4, -0.2) is 30.6 Å². The third-order valence-corrected chi connectivity index (χ3v) is 5.21. The van der Waals surface area contributed by atoms with Gasteiger partial charge in [-0.25, -0.2) is 0 Å². The van der Waals surface area contributed by atoms with Crippen LogP contribution in [0.4, 0.5) is 5.69 Å². The molecule has 2 fully saturated rings. The number of rotatable bonds is 5. The molecule has 0 spiro atoms. The number of ether oxygens (including phenoxy) is 1. The van der Waals surface area contributed by atoms with E-state index in [1.54, 1.807) is 0 Å². The summed E-state index contributed by atoms with van der Waals surface area (Å²) in [6.45, 7) is 1.44. The molecule has 1 aromatic carbocycles. The third kappa shape index (κ3) is 4.58. The first kappa shape index (κ1) is 17.9. The molecular formula is C19H27N3O3. The van der Waals surface area contributed by atoms with Crippen LogP contribution in [0.1, 0.15) is 44.1 Å². The standard InChI is InChI=1S/C19H27N3O3/c20-19(8-10-25-11-9-19)18(24)21-13-14-4-3-7-16(12-14)22-17(23)15-5-1-2-6-15/h3-4,7,12,15H,1-2,5-6,8-11,13,20H2,(H,21,24)(H,22,23). The lowest BCUT2D eigenvalue weighted by Crippen LogP contribution is -2.56. The van der Waals surface area contributed by atoms with Crippen LogP contribution in [0.2, 0.25) is 0 Å². The van der Waals surface area contributed by atoms with Crippen molar-refractivity contribution in [2.45, 2.75) is 50.6 Å². The molecule has 0 unspecified atom stereocenters. The number of hydrogen-bond acceptors (Lipinski definition) is 4. The van der Waals surface area contributed by atoms with E-state index < -0.39 is 5.54 Å². The maximum atomic E-state index is 12.4. The first-order valence-electron chi connectivity index (χ1n) is 9.12. The van der Waals surface area contributed by atoms with Crippen LogP contribution in [0.25, 0.3) is 0 Å². The summed E-state index contributed by atoms with van der Waals surface area (Å²) in [5, 5.41) is 5.90. The zero-order valence-corrected chi connectivity index (χ0v) is 14.6. The number of carbonyl (C=O) groups excluding carboxylic acids is 2. The molecule has 1 aliphatic carbocycles. The predicted octanol–water partition coefficient (Wildman–Crippen LogP) is 1.94. The number of amides is 2. The van der Waals surface area contributed by atoms with Crippen LogP contribution >= 0.6 is 0 Å². The lowest BCUT2D eigenvalue weighted by Gasteiger charge is -2.31. The van der Waals surface area contributed by atoms with Gasteiger partial charge in [0.15, 0.2) is 0 Å². The number of carbonyl (C=O) groups is 2. The highest BCUT2D eigenvalue weighted by Gasteiger charge is 2.35. The second-order valence-corrected chi connectivity index (χ2v) is 7.12. The average Bonchev–Trinajstić information content (AvgIpc) is 3.15. The van der Waals surface area contributed by atoms with Gasteiger partial charge in [-0.05, 0) is 43.4 Å². The molecule has 0 aromatic heterocycles. The number of hydrogen-bond donors (Lipinski definition) is 3. The Morgan fingerprint density at radius 1 is 1.20 bits per heavy atom. The van der Waals surface area contributed by atoms with Gasteiger partial charge in [0.2, 0.25) is 11.8 Å². The zero-order valence-electron chi connectivity index (χ0n) is 14.6. The molecule has 25 heavy (non-hydrogen) atoms. The van der Waals surface area contributed by atoms with E-state index in [1.165, 1.54) is 0 Å². The molecule has 6 heteroatoms. The van der Waals surface area contributed by atoms with Gasteiger partial charge in [0.25, 0.3) is 0 Å². The van der Waals surface area contributed by atoms with Gasteiger partial charge in [-0.3, -0.25) is 9.59 Å². The number of anilines is 1. The topological polar surface area (TPSA) is 93.5 Å². The lowest BCUT2D eigenvalue weighted by molar-refractivity contribution is -0.129. The fourth-order valence-electron chi connectivity index (χ4n) is 3.51. The minimum absolute atomic E-state index is 0.0989. The second kappa shape index (κ2) is 7.97. The van der Waals surface area contributed by atoms with Crippen LogP contribution in [0.5, 0.6) is 0 Å². The Bertz CT molecular complexity index is 620. The molecule has 136 valence electrons. The molecule has 0 bridgehead atoms. The summed E-state index contributed by atoms with van der Waals surface area (Å²) in [6, 6.07) is 7.60. The van der Waals surface area contributed by atoms with Gasteiger partial charge in [0, 0.05) is 31.4 Å². The first-order valence-corrected chi connectivity index (χ1v) is 9.12. The van der Waals surface area contributed by atoms with Crippen molar-refractivity contribution >= 4 is 17.5 Å². The highest BCUT2D eigenvalue weighted by atomic mass is 16.5. The van der Waals surface area contributed by atoms with Crippen molar-refractivity contribution in [1.29, 1.82) is 0 Å². The van der Waals surface area contributed by atoms with E-state index in [2.05, 4.69) is 10.6 Å². The summed E-state index contributed by atoms with van der Waals surface area (Å²) in [5.41, 5.74) is 7.06. The van der Waals surface area contributed by atoms with Gasteiger partial charge in [-0.15, -0.1) is 0 Å². The van der Waals surface area contributed by atoms with Gasteiger partial charge in [-0.1, -0.05) is 25.0 Å². The predicted molar refractivity (Wildman–Crippen MR) is 95.8 cm³/mol. The monoisotopic (exact) mass is 345 g/mol. The molecule has 6 nitrogen and oxygen atoms in total. The van der Waals surface area contributed by atoms with Crippen molar-refractivity contribution < 1.29 is 14.3 Å². The third-order valence-electron chi connectivity index (χ3n) is 5.21. The van der Waals surface area contributed by atoms with Gasteiger partial charge < -0.3 is 21.1 Å². The maximum absolute atomic E-state index is 12.4. The van der Waals surface area contributed by atoms with Crippen molar-refractivity contribution in [3.05, 3.63) is 29.8 Å². The molecule has 2 amide bonds. The van der Waals surface area contributed by atoms with E-state index in [1.807, 2.05) is 24.3 Å². The van der Waals surface area contributed by atoms with E-state index >= 15 is 0 Å². The highest BCUT2D eigenvalue weighted by molar-refractivity contribution is 5.92. The summed E-state index contributed by atoms with van der Waals surface area (Å²) in [6.07, 6.45) is 5.30. The van der Waals surface area contributed by atoms with E-state index in [4.69, 9.17) is 10.5 Å². The highest BCUT2D eigenvalue weighted by Crippen LogP contribution is 2.26. The van der Waals surface area contributed by atoms with E-state index in [9.17, 15) is 9.59 Å². The van der Waals surface area contributed by atoms with Crippen molar-refractivity contribution in [2.24, 2.45) is 11.7 Å². The number of nitrogens with two attached hydrogens (primary N) is 1. The van der Waals surface area contributed by atoms with E-state index in [0.29, 0.717) is 32.6 Å². The molecule has 0 atom stereocenters. The van der Waals surface area contributed by atoms with Crippen LogP contribution in [0.3, 0.4) is 0 Å². The molecule has 1 aliphatic heterocycles. The second-order valence-electron chi connectivity index (χ2n) is 7.12. The fourth-order valence-corrected chi connectivity index (χ4v) is 3.51. The quantitative estimate of drug-likeness (QED) is 0.760. The Morgan fingerprint density at radius 2 is 1.92 bits per heavy atom. The summed E-state index contributed by atoms with van der Waals surface area (Å²) in [4.78, 5) is 24.6. The molecule has 1 heterocycles. The normalized spacial score (nSPS) is 20.2. The molecule has 1 saturated carbocycles. The Kier molecular flexibility index (Phi) is 5.71. The van der Waals surface area contributed by atoms with Crippen LogP contribution in [0, 0.1) is 5.92 Å². The smallest absolute Gasteiger partial charge is 0.240 e. The number of benzene rings is 1. The summed E-state index contributed by atoms with van der Waals surface area (Å²) in [7, 11) is 0. The minimum Gasteiger partial charge on any atom is -0.381 e. The first-order chi connectivity index (χ1) is 12.1. The van der Waals surface area contributed by atoms with Crippen LogP contribution in [-0.2, 0) is 20.9 Å². The summed E-state index contributed by atoms with van der Waals surface area (Å²) >= 11 is 0. The average molecular weight is 345 g/mol. The van der Waals surface area contributed by atoms with Gasteiger partial charge in [0.05, 0.1) is 5.54 Å². The Morgan fingerprint density at radius 3 is 2.64 bits per heavy atom. The summed E-state index contributed by atoms with van der Waals surface area (Å²) in [5.74, 6) is 0.0898. The Balaban J connectivity index is 1.54. The molecule has 2 aliphatic rings. The molecule has 0 radical (unpaired) electrons.